The lowest BCUT2D eigenvalue weighted by molar-refractivity contribution is 0.0695. The van der Waals surface area contributed by atoms with Gasteiger partial charge in [0, 0.05) is 26.2 Å². The van der Waals surface area contributed by atoms with Gasteiger partial charge >= 0.3 is 5.97 Å². The highest BCUT2D eigenvalue weighted by Crippen LogP contribution is 2.09. The van der Waals surface area contributed by atoms with Gasteiger partial charge in [0.1, 0.15) is 5.56 Å². The number of likely N-dealkylation sites (N-methyl/N-ethyl adjacent to an activating group) is 1. The average molecular weight is 268 g/mol. The van der Waals surface area contributed by atoms with E-state index < -0.39 is 5.97 Å². The third kappa shape index (κ3) is 4.33. The molecule has 1 aromatic heterocycles. The summed E-state index contributed by atoms with van der Waals surface area (Å²) in [6.07, 6.45) is 1.40. The molecule has 0 saturated carbocycles. The van der Waals surface area contributed by atoms with E-state index >= 15 is 0 Å². The summed E-state index contributed by atoms with van der Waals surface area (Å²) in [5, 5.41) is 16.5. The Morgan fingerprint density at radius 2 is 2.16 bits per heavy atom. The van der Waals surface area contributed by atoms with E-state index in [-0.39, 0.29) is 5.56 Å². The molecular weight excluding hydrogens is 244 g/mol. The second kappa shape index (κ2) is 6.68. The molecule has 108 valence electrons. The van der Waals surface area contributed by atoms with Crippen LogP contribution in [-0.4, -0.2) is 52.4 Å². The maximum atomic E-state index is 11.1. The number of hydrogen-bond donors (Lipinski definition) is 2. The topological polar surface area (TPSA) is 70.4 Å². The average Bonchev–Trinajstić information content (AvgIpc) is 2.65. The molecule has 0 amide bonds. The molecule has 0 saturated heterocycles. The minimum absolute atomic E-state index is 0.266. The van der Waals surface area contributed by atoms with Crippen molar-refractivity contribution in [2.75, 3.05) is 20.6 Å². The Kier molecular flexibility index (Phi) is 5.50. The molecule has 0 fully saturated rings. The van der Waals surface area contributed by atoms with Crippen LogP contribution < -0.4 is 5.32 Å². The predicted octanol–water partition coefficient (Wildman–Crippen LogP) is 0.794. The van der Waals surface area contributed by atoms with Gasteiger partial charge in [-0.25, -0.2) is 4.79 Å². The molecule has 6 nitrogen and oxygen atoms in total. The SMILES string of the molecule is CC(C)C(CN(C)C)NCc1c(C(=O)O)cnn1C. The van der Waals surface area contributed by atoms with Crippen molar-refractivity contribution in [3.05, 3.63) is 17.5 Å². The number of aromatic carboxylic acids is 1. The van der Waals surface area contributed by atoms with Crippen molar-refractivity contribution < 1.29 is 9.90 Å². The Labute approximate surface area is 114 Å². The van der Waals surface area contributed by atoms with Crippen LogP contribution in [0.4, 0.5) is 0 Å². The molecule has 0 aliphatic carbocycles. The largest absolute Gasteiger partial charge is 0.478 e. The fourth-order valence-electron chi connectivity index (χ4n) is 1.98. The first-order valence-electron chi connectivity index (χ1n) is 6.45. The summed E-state index contributed by atoms with van der Waals surface area (Å²) in [5.41, 5.74) is 0.972. The Balaban J connectivity index is 2.74. The lowest BCUT2D eigenvalue weighted by Gasteiger charge is -2.25. The van der Waals surface area contributed by atoms with E-state index in [9.17, 15) is 4.79 Å². The van der Waals surface area contributed by atoms with Crippen LogP contribution in [0.3, 0.4) is 0 Å². The van der Waals surface area contributed by atoms with Crippen LogP contribution in [0.15, 0.2) is 6.20 Å². The van der Waals surface area contributed by atoms with Gasteiger partial charge in [0.15, 0.2) is 0 Å². The van der Waals surface area contributed by atoms with Crippen molar-refractivity contribution in [3.63, 3.8) is 0 Å². The zero-order valence-electron chi connectivity index (χ0n) is 12.3. The standard InChI is InChI=1S/C13H24N4O2/c1-9(2)11(8-16(3)4)14-7-12-10(13(18)19)6-15-17(12)5/h6,9,11,14H,7-8H2,1-5H3,(H,18,19). The molecule has 0 spiro atoms. The molecule has 1 atom stereocenters. The van der Waals surface area contributed by atoms with Crippen LogP contribution in [0.2, 0.25) is 0 Å². The van der Waals surface area contributed by atoms with E-state index in [1.165, 1.54) is 6.20 Å². The number of aryl methyl sites for hydroxylation is 1. The van der Waals surface area contributed by atoms with Gasteiger partial charge in [-0.15, -0.1) is 0 Å². The highest BCUT2D eigenvalue weighted by atomic mass is 16.4. The fraction of sp³-hybridized carbons (Fsp3) is 0.692. The summed E-state index contributed by atoms with van der Waals surface area (Å²) in [7, 11) is 5.83. The number of nitrogens with one attached hydrogen (secondary N) is 1. The molecule has 0 aliphatic heterocycles. The summed E-state index contributed by atoms with van der Waals surface area (Å²) >= 11 is 0. The lowest BCUT2D eigenvalue weighted by atomic mass is 10.0. The number of aromatic nitrogens is 2. The van der Waals surface area contributed by atoms with Crippen LogP contribution in [-0.2, 0) is 13.6 Å². The smallest absolute Gasteiger partial charge is 0.339 e. The zero-order valence-corrected chi connectivity index (χ0v) is 12.3. The summed E-state index contributed by atoms with van der Waals surface area (Å²) in [4.78, 5) is 13.2. The van der Waals surface area contributed by atoms with E-state index in [4.69, 9.17) is 5.11 Å². The van der Waals surface area contributed by atoms with Crippen LogP contribution in [0, 0.1) is 5.92 Å². The van der Waals surface area contributed by atoms with E-state index in [2.05, 4.69) is 29.2 Å². The zero-order chi connectivity index (χ0) is 14.6. The maximum absolute atomic E-state index is 11.1. The first-order chi connectivity index (χ1) is 8.82. The number of rotatable bonds is 7. The van der Waals surface area contributed by atoms with Crippen LogP contribution in [0.1, 0.15) is 29.9 Å². The van der Waals surface area contributed by atoms with Gasteiger partial charge in [-0.05, 0) is 20.0 Å². The fourth-order valence-corrected chi connectivity index (χ4v) is 1.98. The highest BCUT2D eigenvalue weighted by molar-refractivity contribution is 5.88. The Bertz CT molecular complexity index is 426. The second-order valence-corrected chi connectivity index (χ2v) is 5.43. The maximum Gasteiger partial charge on any atom is 0.339 e. The first kappa shape index (κ1) is 15.7. The van der Waals surface area contributed by atoms with Gasteiger partial charge in [-0.3, -0.25) is 4.68 Å². The monoisotopic (exact) mass is 268 g/mol. The molecule has 6 heteroatoms. The Morgan fingerprint density at radius 3 is 2.63 bits per heavy atom. The third-order valence-corrected chi connectivity index (χ3v) is 3.19. The Hall–Kier alpha value is -1.40. The lowest BCUT2D eigenvalue weighted by Crippen LogP contribution is -2.42. The highest BCUT2D eigenvalue weighted by Gasteiger charge is 2.18. The van der Waals surface area contributed by atoms with Crippen LogP contribution in [0.25, 0.3) is 0 Å². The van der Waals surface area contributed by atoms with Crippen molar-refractivity contribution >= 4 is 5.97 Å². The van der Waals surface area contributed by atoms with Gasteiger partial charge in [0.2, 0.25) is 0 Å². The molecule has 0 aromatic carbocycles. The molecule has 1 aromatic rings. The first-order valence-corrected chi connectivity index (χ1v) is 6.45. The van der Waals surface area contributed by atoms with Crippen molar-refractivity contribution in [2.45, 2.75) is 26.4 Å². The molecule has 0 bridgehead atoms. The Morgan fingerprint density at radius 1 is 1.53 bits per heavy atom. The summed E-state index contributed by atoms with van der Waals surface area (Å²) in [5.74, 6) is -0.456. The molecule has 1 unspecified atom stereocenters. The quantitative estimate of drug-likeness (QED) is 0.765. The van der Waals surface area contributed by atoms with E-state index in [0.717, 1.165) is 6.54 Å². The second-order valence-electron chi connectivity index (χ2n) is 5.43. The number of nitrogens with zero attached hydrogens (tertiary/aromatic N) is 3. The van der Waals surface area contributed by atoms with Gasteiger partial charge in [0.25, 0.3) is 0 Å². The number of hydrogen-bond acceptors (Lipinski definition) is 4. The normalized spacial score (nSPS) is 13.2. The van der Waals surface area contributed by atoms with Gasteiger partial charge in [0.05, 0.1) is 11.9 Å². The van der Waals surface area contributed by atoms with Gasteiger partial charge in [-0.1, -0.05) is 13.8 Å². The molecule has 19 heavy (non-hydrogen) atoms. The summed E-state index contributed by atoms with van der Waals surface area (Å²) in [6, 6.07) is 0.312. The molecule has 2 N–H and O–H groups in total. The van der Waals surface area contributed by atoms with Gasteiger partial charge < -0.3 is 15.3 Å². The van der Waals surface area contributed by atoms with E-state index in [1.54, 1.807) is 11.7 Å². The number of carboxylic acid groups (broad SMARTS) is 1. The third-order valence-electron chi connectivity index (χ3n) is 3.19. The van der Waals surface area contributed by atoms with E-state index in [1.807, 2.05) is 14.1 Å². The van der Waals surface area contributed by atoms with Crippen molar-refractivity contribution in [2.24, 2.45) is 13.0 Å². The number of carboxylic acids is 1. The molecule has 1 rings (SSSR count). The van der Waals surface area contributed by atoms with Crippen LogP contribution in [0.5, 0.6) is 0 Å². The number of carbonyl (C=O) groups is 1. The van der Waals surface area contributed by atoms with Crippen LogP contribution >= 0.6 is 0 Å². The summed E-state index contributed by atoms with van der Waals surface area (Å²) in [6.45, 7) is 5.73. The molecular formula is C13H24N4O2. The summed E-state index contributed by atoms with van der Waals surface area (Å²) < 4.78 is 1.61. The predicted molar refractivity (Wildman–Crippen MR) is 74.2 cm³/mol. The molecule has 0 aliphatic rings. The van der Waals surface area contributed by atoms with Gasteiger partial charge in [-0.2, -0.15) is 5.10 Å². The van der Waals surface area contributed by atoms with Crippen molar-refractivity contribution in [3.8, 4) is 0 Å². The minimum Gasteiger partial charge on any atom is -0.478 e. The van der Waals surface area contributed by atoms with E-state index in [0.29, 0.717) is 24.2 Å². The van der Waals surface area contributed by atoms with Crippen molar-refractivity contribution in [1.82, 2.24) is 20.0 Å². The molecule has 1 heterocycles. The molecule has 0 radical (unpaired) electrons. The van der Waals surface area contributed by atoms with Crippen molar-refractivity contribution in [1.29, 1.82) is 0 Å². The minimum atomic E-state index is -0.932.